The zero-order chi connectivity index (χ0) is 20.7. The van der Waals surface area contributed by atoms with Crippen LogP contribution in [0.5, 0.6) is 0 Å². The maximum atomic E-state index is 13.0. The van der Waals surface area contributed by atoms with Crippen molar-refractivity contribution in [3.05, 3.63) is 90.5 Å². The topological polar surface area (TPSA) is 72.2 Å². The van der Waals surface area contributed by atoms with Gasteiger partial charge < -0.3 is 4.42 Å². The summed E-state index contributed by atoms with van der Waals surface area (Å²) in [6.07, 6.45) is 0. The molecule has 1 N–H and O–H groups in total. The van der Waals surface area contributed by atoms with Crippen molar-refractivity contribution in [3.63, 3.8) is 0 Å². The quantitative estimate of drug-likeness (QED) is 0.406. The van der Waals surface area contributed by atoms with E-state index in [9.17, 15) is 8.42 Å². The van der Waals surface area contributed by atoms with E-state index in [0.717, 1.165) is 16.3 Å². The Morgan fingerprint density at radius 3 is 2.23 bits per heavy atom. The largest absolute Gasteiger partial charge is 0.436 e. The Labute approximate surface area is 174 Å². The van der Waals surface area contributed by atoms with Gasteiger partial charge >= 0.3 is 0 Å². The molecule has 4 aromatic carbocycles. The molecular weight excluding hydrogens is 396 g/mol. The Morgan fingerprint density at radius 1 is 0.833 bits per heavy atom. The van der Waals surface area contributed by atoms with Gasteiger partial charge in [-0.25, -0.2) is 13.4 Å². The van der Waals surface area contributed by atoms with Crippen LogP contribution < -0.4 is 4.72 Å². The molecule has 0 spiro atoms. The lowest BCUT2D eigenvalue weighted by molar-refractivity contribution is 0.601. The highest BCUT2D eigenvalue weighted by Gasteiger charge is 2.20. The number of aromatic nitrogens is 1. The SMILES string of the molecule is Cc1ccc(S(=O)(=O)Nc2cc3ccccc3cc2-c2nc3ccccc3o2)cc1. The van der Waals surface area contributed by atoms with Crippen molar-refractivity contribution in [3.8, 4) is 11.5 Å². The van der Waals surface area contributed by atoms with Crippen LogP contribution in [-0.2, 0) is 10.0 Å². The van der Waals surface area contributed by atoms with E-state index < -0.39 is 10.0 Å². The number of benzene rings is 4. The van der Waals surface area contributed by atoms with Crippen molar-refractivity contribution in [2.75, 3.05) is 4.72 Å². The number of nitrogens with zero attached hydrogens (tertiary/aromatic N) is 1. The highest BCUT2D eigenvalue weighted by Crippen LogP contribution is 2.35. The first-order valence-corrected chi connectivity index (χ1v) is 11.0. The summed E-state index contributed by atoms with van der Waals surface area (Å²) in [5.41, 5.74) is 3.36. The molecule has 1 heterocycles. The molecule has 0 saturated heterocycles. The van der Waals surface area contributed by atoms with Crippen molar-refractivity contribution in [1.29, 1.82) is 0 Å². The van der Waals surface area contributed by atoms with Gasteiger partial charge in [0.25, 0.3) is 10.0 Å². The lowest BCUT2D eigenvalue weighted by atomic mass is 10.1. The molecule has 0 fully saturated rings. The van der Waals surface area contributed by atoms with E-state index in [1.54, 1.807) is 24.3 Å². The van der Waals surface area contributed by atoms with Crippen molar-refractivity contribution in [2.24, 2.45) is 0 Å². The standard InChI is InChI=1S/C24H18N2O3S/c1-16-10-12-19(13-11-16)30(27,28)26-22-15-18-7-3-2-6-17(18)14-20(22)24-25-21-8-4-5-9-23(21)29-24/h2-15,26H,1H3. The molecule has 0 atom stereocenters. The minimum absolute atomic E-state index is 0.199. The number of nitrogens with one attached hydrogen (secondary N) is 1. The second-order valence-electron chi connectivity index (χ2n) is 7.15. The predicted molar refractivity (Wildman–Crippen MR) is 119 cm³/mol. The summed E-state index contributed by atoms with van der Waals surface area (Å²) >= 11 is 0. The lowest BCUT2D eigenvalue weighted by Gasteiger charge is -2.13. The minimum atomic E-state index is -3.78. The second kappa shape index (κ2) is 7.00. The summed E-state index contributed by atoms with van der Waals surface area (Å²) in [4.78, 5) is 4.76. The van der Waals surface area contributed by atoms with Crippen molar-refractivity contribution in [2.45, 2.75) is 11.8 Å². The van der Waals surface area contributed by atoms with Crippen LogP contribution in [0.25, 0.3) is 33.3 Å². The summed E-state index contributed by atoms with van der Waals surface area (Å²) in [6.45, 7) is 1.92. The van der Waals surface area contributed by atoms with E-state index in [1.165, 1.54) is 0 Å². The number of hydrogen-bond donors (Lipinski definition) is 1. The highest BCUT2D eigenvalue weighted by atomic mass is 32.2. The molecule has 0 bridgehead atoms. The Balaban J connectivity index is 1.68. The van der Waals surface area contributed by atoms with Gasteiger partial charge in [0.2, 0.25) is 5.89 Å². The smallest absolute Gasteiger partial charge is 0.261 e. The van der Waals surface area contributed by atoms with E-state index in [0.29, 0.717) is 28.2 Å². The van der Waals surface area contributed by atoms with Gasteiger partial charge in [-0.1, -0.05) is 54.1 Å². The molecule has 0 amide bonds. The zero-order valence-electron chi connectivity index (χ0n) is 16.2. The van der Waals surface area contributed by atoms with Crippen LogP contribution in [0.2, 0.25) is 0 Å². The third-order valence-corrected chi connectivity index (χ3v) is 6.37. The molecule has 5 rings (SSSR count). The average Bonchev–Trinajstić information content (AvgIpc) is 3.17. The molecule has 5 nitrogen and oxygen atoms in total. The molecule has 0 radical (unpaired) electrons. The summed E-state index contributed by atoms with van der Waals surface area (Å²) in [7, 11) is -3.78. The number of oxazole rings is 1. The Morgan fingerprint density at radius 2 is 1.50 bits per heavy atom. The van der Waals surface area contributed by atoms with Crippen LogP contribution in [-0.4, -0.2) is 13.4 Å². The average molecular weight is 414 g/mol. The van der Waals surface area contributed by atoms with Crippen LogP contribution in [0.4, 0.5) is 5.69 Å². The third-order valence-electron chi connectivity index (χ3n) is 4.99. The number of hydrogen-bond acceptors (Lipinski definition) is 4. The first-order valence-electron chi connectivity index (χ1n) is 9.48. The van der Waals surface area contributed by atoms with E-state index in [1.807, 2.05) is 67.6 Å². The zero-order valence-corrected chi connectivity index (χ0v) is 17.0. The second-order valence-corrected chi connectivity index (χ2v) is 8.83. The lowest BCUT2D eigenvalue weighted by Crippen LogP contribution is -2.13. The van der Waals surface area contributed by atoms with Gasteiger partial charge in [-0.05, 0) is 54.1 Å². The van der Waals surface area contributed by atoms with Crippen LogP contribution in [0.3, 0.4) is 0 Å². The van der Waals surface area contributed by atoms with Crippen molar-refractivity contribution in [1.82, 2.24) is 4.98 Å². The number of aryl methyl sites for hydroxylation is 1. The Hall–Kier alpha value is -3.64. The first kappa shape index (κ1) is 18.4. The van der Waals surface area contributed by atoms with Crippen LogP contribution >= 0.6 is 0 Å². The normalized spacial score (nSPS) is 11.8. The molecule has 0 unspecified atom stereocenters. The van der Waals surface area contributed by atoms with E-state index in [4.69, 9.17) is 4.42 Å². The van der Waals surface area contributed by atoms with Gasteiger partial charge in [0.05, 0.1) is 16.1 Å². The number of anilines is 1. The molecule has 0 aliphatic rings. The molecule has 1 aromatic heterocycles. The molecule has 0 aliphatic heterocycles. The highest BCUT2D eigenvalue weighted by molar-refractivity contribution is 7.92. The van der Waals surface area contributed by atoms with Gasteiger partial charge in [0, 0.05) is 0 Å². The van der Waals surface area contributed by atoms with Crippen LogP contribution in [0.1, 0.15) is 5.56 Å². The molecular formula is C24H18N2O3S. The van der Waals surface area contributed by atoms with Gasteiger partial charge in [-0.2, -0.15) is 0 Å². The fraction of sp³-hybridized carbons (Fsp3) is 0.0417. The Bertz CT molecular complexity index is 1450. The third kappa shape index (κ3) is 3.31. The minimum Gasteiger partial charge on any atom is -0.436 e. The monoisotopic (exact) mass is 414 g/mol. The first-order chi connectivity index (χ1) is 14.5. The number of rotatable bonds is 4. The summed E-state index contributed by atoms with van der Waals surface area (Å²) in [5.74, 6) is 0.364. The van der Waals surface area contributed by atoms with Gasteiger partial charge in [-0.3, -0.25) is 4.72 Å². The molecule has 6 heteroatoms. The molecule has 0 aliphatic carbocycles. The van der Waals surface area contributed by atoms with Crippen LogP contribution in [0.15, 0.2) is 94.2 Å². The summed E-state index contributed by atoms with van der Waals surface area (Å²) < 4.78 is 34.7. The van der Waals surface area contributed by atoms with E-state index in [-0.39, 0.29) is 4.90 Å². The number of fused-ring (bicyclic) bond motifs is 2. The molecule has 0 saturated carbocycles. The maximum Gasteiger partial charge on any atom is 0.261 e. The molecule has 30 heavy (non-hydrogen) atoms. The summed E-state index contributed by atoms with van der Waals surface area (Å²) in [6, 6.07) is 25.7. The van der Waals surface area contributed by atoms with Gasteiger partial charge in [0.1, 0.15) is 5.52 Å². The Kier molecular flexibility index (Phi) is 4.29. The molecule has 5 aromatic rings. The van der Waals surface area contributed by atoms with Crippen LogP contribution in [0, 0.1) is 6.92 Å². The van der Waals surface area contributed by atoms with E-state index >= 15 is 0 Å². The number of para-hydroxylation sites is 2. The van der Waals surface area contributed by atoms with Crippen molar-refractivity contribution >= 4 is 37.6 Å². The molecule has 148 valence electrons. The summed E-state index contributed by atoms with van der Waals surface area (Å²) in [5, 5.41) is 1.88. The fourth-order valence-electron chi connectivity index (χ4n) is 3.41. The maximum absolute atomic E-state index is 13.0. The fourth-order valence-corrected chi connectivity index (χ4v) is 4.48. The van der Waals surface area contributed by atoms with Gasteiger partial charge in [-0.15, -0.1) is 0 Å². The predicted octanol–water partition coefficient (Wildman–Crippen LogP) is 5.76. The van der Waals surface area contributed by atoms with E-state index in [2.05, 4.69) is 9.71 Å². The number of sulfonamides is 1. The van der Waals surface area contributed by atoms with Crippen molar-refractivity contribution < 1.29 is 12.8 Å². The van der Waals surface area contributed by atoms with Gasteiger partial charge in [0.15, 0.2) is 5.58 Å².